The van der Waals surface area contributed by atoms with Crippen LogP contribution < -0.4 is 5.32 Å². The van der Waals surface area contributed by atoms with E-state index in [0.717, 1.165) is 44.9 Å². The Kier molecular flexibility index (Phi) is 10.0. The normalized spacial score (nSPS) is 28.9. The lowest BCUT2D eigenvalue weighted by Gasteiger charge is -2.29. The molecule has 32 heavy (non-hydrogen) atoms. The summed E-state index contributed by atoms with van der Waals surface area (Å²) in [5, 5.41) is 12.7. The van der Waals surface area contributed by atoms with Crippen LogP contribution in [-0.2, 0) is 19.1 Å². The number of hydrogen-bond acceptors (Lipinski definition) is 5. The largest absolute Gasteiger partial charge is 0.463 e. The molecule has 0 unspecified atom stereocenters. The van der Waals surface area contributed by atoms with E-state index in [1.165, 1.54) is 19.3 Å². The van der Waals surface area contributed by atoms with Crippen molar-refractivity contribution in [2.24, 2.45) is 11.8 Å². The van der Waals surface area contributed by atoms with Crippen molar-refractivity contribution in [1.29, 1.82) is 0 Å². The third-order valence-electron chi connectivity index (χ3n) is 7.17. The standard InChI is InChI=1S/C25H40N2O5/c28-17-22-12-8-14-27(22)23(29)16-20-11-6-1-2-7-13-24(30)32-18-21(26-25(20)31)15-19-9-4-3-5-10-19/h1,6,19-22,28H,2-5,7-18H2,(H,26,31)/t20-,21+,22+/m1/s1. The molecule has 180 valence electrons. The van der Waals surface area contributed by atoms with E-state index in [2.05, 4.69) is 5.32 Å². The zero-order valence-corrected chi connectivity index (χ0v) is 19.3. The van der Waals surface area contributed by atoms with Gasteiger partial charge in [0.1, 0.15) is 6.61 Å². The van der Waals surface area contributed by atoms with E-state index < -0.39 is 5.92 Å². The highest BCUT2D eigenvalue weighted by Gasteiger charge is 2.32. The van der Waals surface area contributed by atoms with E-state index in [0.29, 0.717) is 25.3 Å². The molecule has 0 aromatic carbocycles. The van der Waals surface area contributed by atoms with Crippen LogP contribution >= 0.6 is 0 Å². The van der Waals surface area contributed by atoms with Crippen molar-refractivity contribution in [2.75, 3.05) is 19.8 Å². The molecule has 2 aliphatic heterocycles. The van der Waals surface area contributed by atoms with Gasteiger partial charge < -0.3 is 20.1 Å². The average Bonchev–Trinajstić information content (AvgIpc) is 3.28. The Morgan fingerprint density at radius 2 is 1.91 bits per heavy atom. The minimum Gasteiger partial charge on any atom is -0.463 e. The van der Waals surface area contributed by atoms with Crippen molar-refractivity contribution < 1.29 is 24.2 Å². The van der Waals surface area contributed by atoms with Gasteiger partial charge in [0.05, 0.1) is 24.6 Å². The number of nitrogens with zero attached hydrogens (tertiary/aromatic N) is 1. The number of likely N-dealkylation sites (tertiary alicyclic amines) is 1. The van der Waals surface area contributed by atoms with E-state index in [1.54, 1.807) is 4.90 Å². The van der Waals surface area contributed by atoms with Crippen molar-refractivity contribution in [3.8, 4) is 0 Å². The van der Waals surface area contributed by atoms with Crippen LogP contribution in [0.5, 0.6) is 0 Å². The first-order valence-corrected chi connectivity index (χ1v) is 12.6. The maximum Gasteiger partial charge on any atom is 0.305 e. The van der Waals surface area contributed by atoms with Crippen molar-refractivity contribution in [1.82, 2.24) is 10.2 Å². The zero-order chi connectivity index (χ0) is 22.8. The molecule has 2 heterocycles. The van der Waals surface area contributed by atoms with Crippen molar-refractivity contribution in [3.63, 3.8) is 0 Å². The minimum atomic E-state index is -0.455. The second-order valence-corrected chi connectivity index (χ2v) is 9.69. The van der Waals surface area contributed by atoms with Crippen molar-refractivity contribution in [2.45, 2.75) is 95.6 Å². The van der Waals surface area contributed by atoms with E-state index in [4.69, 9.17) is 4.74 Å². The van der Waals surface area contributed by atoms with E-state index in [9.17, 15) is 19.5 Å². The minimum absolute atomic E-state index is 0.0304. The van der Waals surface area contributed by atoms with Gasteiger partial charge in [0, 0.05) is 19.4 Å². The summed E-state index contributed by atoms with van der Waals surface area (Å²) in [6.45, 7) is 0.819. The fraction of sp³-hybridized carbons (Fsp3) is 0.800. The highest BCUT2D eigenvalue weighted by molar-refractivity contribution is 5.86. The topological polar surface area (TPSA) is 95.9 Å². The number of aliphatic hydroxyl groups excluding tert-OH is 1. The van der Waals surface area contributed by atoms with Crippen LogP contribution in [0.15, 0.2) is 12.2 Å². The van der Waals surface area contributed by atoms with Gasteiger partial charge in [-0.05, 0) is 44.4 Å². The zero-order valence-electron chi connectivity index (χ0n) is 19.3. The van der Waals surface area contributed by atoms with Gasteiger partial charge in [0.25, 0.3) is 0 Å². The van der Waals surface area contributed by atoms with Crippen LogP contribution in [0.4, 0.5) is 0 Å². The third kappa shape index (κ3) is 7.61. The summed E-state index contributed by atoms with van der Waals surface area (Å²) in [5.41, 5.74) is 0. The molecule has 7 nitrogen and oxygen atoms in total. The number of carbonyl (C=O) groups is 3. The Hall–Kier alpha value is -1.89. The fourth-order valence-corrected chi connectivity index (χ4v) is 5.29. The highest BCUT2D eigenvalue weighted by Crippen LogP contribution is 2.28. The molecule has 1 saturated heterocycles. The monoisotopic (exact) mass is 448 g/mol. The van der Waals surface area contributed by atoms with Gasteiger partial charge in [-0.1, -0.05) is 44.3 Å². The van der Waals surface area contributed by atoms with Gasteiger partial charge in [-0.15, -0.1) is 0 Å². The Labute approximate surface area is 191 Å². The lowest BCUT2D eigenvalue weighted by molar-refractivity contribution is -0.145. The molecule has 3 aliphatic rings. The summed E-state index contributed by atoms with van der Waals surface area (Å²) in [6.07, 6.45) is 15.0. The van der Waals surface area contributed by atoms with Gasteiger partial charge in [-0.3, -0.25) is 14.4 Å². The molecular formula is C25H40N2O5. The number of amides is 2. The number of ether oxygens (including phenoxy) is 1. The number of esters is 1. The third-order valence-corrected chi connectivity index (χ3v) is 7.17. The summed E-state index contributed by atoms with van der Waals surface area (Å²) < 4.78 is 5.50. The molecule has 3 atom stereocenters. The van der Waals surface area contributed by atoms with Crippen LogP contribution in [0, 0.1) is 11.8 Å². The SMILES string of the molecule is O=C1CCCC=CC[C@H](CC(=O)N2CCC[C@H]2CO)C(=O)N[C@@H](CC2CCCCC2)CO1. The second kappa shape index (κ2) is 13.0. The first-order chi connectivity index (χ1) is 15.6. The Bertz CT molecular complexity index is 659. The molecule has 1 aliphatic carbocycles. The lowest BCUT2D eigenvalue weighted by atomic mass is 9.84. The number of rotatable bonds is 5. The molecule has 7 heteroatoms. The van der Waals surface area contributed by atoms with Gasteiger partial charge in [-0.25, -0.2) is 0 Å². The number of cyclic esters (lactones) is 1. The van der Waals surface area contributed by atoms with Gasteiger partial charge in [-0.2, -0.15) is 0 Å². The summed E-state index contributed by atoms with van der Waals surface area (Å²) in [7, 11) is 0. The maximum absolute atomic E-state index is 13.2. The molecule has 2 amide bonds. The molecule has 0 bridgehead atoms. The molecule has 1 saturated carbocycles. The molecular weight excluding hydrogens is 408 g/mol. The first kappa shape index (κ1) is 24.7. The van der Waals surface area contributed by atoms with Crippen molar-refractivity contribution >= 4 is 17.8 Å². The molecule has 0 radical (unpaired) electrons. The van der Waals surface area contributed by atoms with E-state index in [-0.39, 0.29) is 49.5 Å². The van der Waals surface area contributed by atoms with Gasteiger partial charge >= 0.3 is 5.97 Å². The predicted molar refractivity (Wildman–Crippen MR) is 122 cm³/mol. The molecule has 0 spiro atoms. The Morgan fingerprint density at radius 1 is 1.09 bits per heavy atom. The van der Waals surface area contributed by atoms with Crippen LogP contribution in [0.25, 0.3) is 0 Å². The predicted octanol–water partition coefficient (Wildman–Crippen LogP) is 3.10. The fourth-order valence-electron chi connectivity index (χ4n) is 5.29. The number of carbonyl (C=O) groups excluding carboxylic acids is 3. The second-order valence-electron chi connectivity index (χ2n) is 9.69. The summed E-state index contributed by atoms with van der Waals surface area (Å²) in [6, 6.07) is -0.344. The van der Waals surface area contributed by atoms with Crippen LogP contribution in [0.1, 0.15) is 83.5 Å². The highest BCUT2D eigenvalue weighted by atomic mass is 16.5. The van der Waals surface area contributed by atoms with Crippen LogP contribution in [-0.4, -0.2) is 59.6 Å². The summed E-state index contributed by atoms with van der Waals surface area (Å²) >= 11 is 0. The van der Waals surface area contributed by atoms with E-state index in [1.807, 2.05) is 12.2 Å². The van der Waals surface area contributed by atoms with E-state index >= 15 is 0 Å². The molecule has 3 rings (SSSR count). The summed E-state index contributed by atoms with van der Waals surface area (Å²) in [4.78, 5) is 40.0. The number of hydrogen-bond donors (Lipinski definition) is 2. The number of allylic oxidation sites excluding steroid dienone is 2. The van der Waals surface area contributed by atoms with Crippen LogP contribution in [0.2, 0.25) is 0 Å². The average molecular weight is 449 g/mol. The molecule has 2 fully saturated rings. The number of aliphatic hydroxyl groups is 1. The van der Waals surface area contributed by atoms with Gasteiger partial charge in [0.15, 0.2) is 0 Å². The number of nitrogens with one attached hydrogen (secondary N) is 1. The smallest absolute Gasteiger partial charge is 0.305 e. The molecule has 2 N–H and O–H groups in total. The quantitative estimate of drug-likeness (QED) is 0.498. The maximum atomic E-state index is 13.2. The Morgan fingerprint density at radius 3 is 2.69 bits per heavy atom. The van der Waals surface area contributed by atoms with Gasteiger partial charge in [0.2, 0.25) is 11.8 Å². The lowest BCUT2D eigenvalue weighted by Crippen LogP contribution is -2.45. The summed E-state index contributed by atoms with van der Waals surface area (Å²) in [5.74, 6) is -0.327. The van der Waals surface area contributed by atoms with Crippen LogP contribution in [0.3, 0.4) is 0 Å². The molecule has 0 aromatic heterocycles. The Balaban J connectivity index is 1.67. The first-order valence-electron chi connectivity index (χ1n) is 12.6. The molecule has 0 aromatic rings. The van der Waals surface area contributed by atoms with Crippen molar-refractivity contribution in [3.05, 3.63) is 12.2 Å².